The van der Waals surface area contributed by atoms with Crippen molar-refractivity contribution >= 4 is 30.3 Å². The van der Waals surface area contributed by atoms with Crippen molar-refractivity contribution in [1.29, 1.82) is 0 Å². The Bertz CT molecular complexity index is 1330. The molecule has 1 aliphatic carbocycles. The number of carbonyl (C=O) groups excluding carboxylic acids is 1. The molecule has 2 N–H and O–H groups in total. The first-order valence-corrected chi connectivity index (χ1v) is 12.2. The standard InChI is InChI=1S/C27H30BF2N3O3/c1-25(2,3)23-12-16-11-19(6-7-20(16)33(23)15-18(28)14-31-4)32-24(34)26(9-10-26)17-5-8-21-22(13-17)36-27(29,30)35-21/h5-8,11-13,18,31H,9-10,14-15H2,1-4H3,(H,32,34). The molecule has 9 heteroatoms. The maximum absolute atomic E-state index is 13.4. The number of amides is 1. The highest BCUT2D eigenvalue weighted by molar-refractivity contribution is 6.11. The average Bonchev–Trinajstić information content (AvgIpc) is 3.43. The van der Waals surface area contributed by atoms with Gasteiger partial charge < -0.3 is 24.7 Å². The first-order valence-electron chi connectivity index (χ1n) is 12.2. The Morgan fingerprint density at radius 2 is 1.83 bits per heavy atom. The molecule has 1 aromatic heterocycles. The number of ether oxygens (including phenoxy) is 2. The van der Waals surface area contributed by atoms with Gasteiger partial charge in [0.2, 0.25) is 5.91 Å². The van der Waals surface area contributed by atoms with Crippen LogP contribution in [0.2, 0.25) is 5.82 Å². The molecule has 2 heterocycles. The normalized spacial score (nSPS) is 18.3. The zero-order chi connectivity index (χ0) is 25.9. The molecule has 1 saturated carbocycles. The summed E-state index contributed by atoms with van der Waals surface area (Å²) in [6.45, 7) is 7.89. The molecule has 1 fully saturated rings. The van der Waals surface area contributed by atoms with Crippen LogP contribution >= 0.6 is 0 Å². The SMILES string of the molecule is [B]C(CNC)Cn1c(C(C)(C)C)cc2cc(NC(=O)C3(c4ccc5c(c4)OC(F)(F)O5)CC3)ccc21. The molecule has 3 aromatic rings. The molecule has 6 nitrogen and oxygen atoms in total. The van der Waals surface area contributed by atoms with Crippen molar-refractivity contribution in [2.24, 2.45) is 0 Å². The Morgan fingerprint density at radius 1 is 1.11 bits per heavy atom. The van der Waals surface area contributed by atoms with E-state index in [4.69, 9.17) is 7.85 Å². The van der Waals surface area contributed by atoms with Crippen LogP contribution in [0.3, 0.4) is 0 Å². The van der Waals surface area contributed by atoms with E-state index in [0.717, 1.165) is 10.9 Å². The number of halogens is 2. The third-order valence-electron chi connectivity index (χ3n) is 6.95. The summed E-state index contributed by atoms with van der Waals surface area (Å²) in [7, 11) is 8.22. The van der Waals surface area contributed by atoms with Gasteiger partial charge in [0.15, 0.2) is 11.5 Å². The lowest BCUT2D eigenvalue weighted by Gasteiger charge is -2.24. The third-order valence-corrected chi connectivity index (χ3v) is 6.95. The van der Waals surface area contributed by atoms with Crippen LogP contribution in [0, 0.1) is 0 Å². The summed E-state index contributed by atoms with van der Waals surface area (Å²) in [6.07, 6.45) is -2.43. The number of nitrogens with one attached hydrogen (secondary N) is 2. The molecule has 0 spiro atoms. The van der Waals surface area contributed by atoms with Crippen LogP contribution in [0.25, 0.3) is 10.9 Å². The average molecular weight is 493 g/mol. The van der Waals surface area contributed by atoms with Crippen molar-refractivity contribution in [3.8, 4) is 11.5 Å². The molecule has 0 bridgehead atoms. The second kappa shape index (κ2) is 8.51. The predicted molar refractivity (Wildman–Crippen MR) is 136 cm³/mol. The lowest BCUT2D eigenvalue weighted by molar-refractivity contribution is -0.286. The van der Waals surface area contributed by atoms with Crippen LogP contribution in [0.15, 0.2) is 42.5 Å². The molecule has 1 amide bonds. The van der Waals surface area contributed by atoms with Crippen molar-refractivity contribution < 1.29 is 23.0 Å². The van der Waals surface area contributed by atoms with E-state index in [9.17, 15) is 13.6 Å². The Morgan fingerprint density at radius 3 is 2.50 bits per heavy atom. The van der Waals surface area contributed by atoms with E-state index >= 15 is 0 Å². The highest BCUT2D eigenvalue weighted by Crippen LogP contribution is 2.52. The Hall–Kier alpha value is -3.07. The molecular weight excluding hydrogens is 463 g/mol. The zero-order valence-electron chi connectivity index (χ0n) is 21.0. The summed E-state index contributed by atoms with van der Waals surface area (Å²) in [4.78, 5) is 13.3. The van der Waals surface area contributed by atoms with Crippen molar-refractivity contribution in [2.45, 2.75) is 63.1 Å². The number of alkyl halides is 2. The second-order valence-corrected chi connectivity index (χ2v) is 10.8. The fraction of sp³-hybridized carbons (Fsp3) is 0.444. The summed E-state index contributed by atoms with van der Waals surface area (Å²) < 4.78 is 38.2. The molecule has 1 unspecified atom stereocenters. The fourth-order valence-corrected chi connectivity index (χ4v) is 5.00. The van der Waals surface area contributed by atoms with E-state index < -0.39 is 11.7 Å². The Labute approximate surface area is 210 Å². The van der Waals surface area contributed by atoms with E-state index in [0.29, 0.717) is 37.2 Å². The van der Waals surface area contributed by atoms with Gasteiger partial charge >= 0.3 is 6.29 Å². The molecule has 1 aliphatic heterocycles. The monoisotopic (exact) mass is 493 g/mol. The van der Waals surface area contributed by atoms with Gasteiger partial charge in [0.25, 0.3) is 0 Å². The van der Waals surface area contributed by atoms with Gasteiger partial charge in [-0.05, 0) is 74.2 Å². The van der Waals surface area contributed by atoms with Gasteiger partial charge in [-0.15, -0.1) is 8.78 Å². The number of hydrogen-bond acceptors (Lipinski definition) is 4. The second-order valence-electron chi connectivity index (χ2n) is 10.8. The summed E-state index contributed by atoms with van der Waals surface area (Å²) in [6, 6.07) is 12.6. The highest BCUT2D eigenvalue weighted by atomic mass is 19.3. The summed E-state index contributed by atoms with van der Waals surface area (Å²) >= 11 is 0. The van der Waals surface area contributed by atoms with E-state index in [2.05, 4.69) is 51.5 Å². The van der Waals surface area contributed by atoms with Gasteiger partial charge in [-0.25, -0.2) is 0 Å². The molecular formula is C27H30BF2N3O3. The minimum Gasteiger partial charge on any atom is -0.395 e. The van der Waals surface area contributed by atoms with E-state index in [1.165, 1.54) is 17.8 Å². The lowest BCUT2D eigenvalue weighted by Crippen LogP contribution is -2.27. The van der Waals surface area contributed by atoms with Crippen molar-refractivity contribution in [2.75, 3.05) is 18.9 Å². The van der Waals surface area contributed by atoms with Crippen LogP contribution in [-0.4, -0.2) is 38.2 Å². The lowest BCUT2D eigenvalue weighted by atomic mass is 9.86. The van der Waals surface area contributed by atoms with Crippen LogP contribution < -0.4 is 20.1 Å². The van der Waals surface area contributed by atoms with Crippen LogP contribution in [0.5, 0.6) is 11.5 Å². The van der Waals surface area contributed by atoms with Crippen LogP contribution in [0.4, 0.5) is 14.5 Å². The molecule has 188 valence electrons. The minimum absolute atomic E-state index is 0.0287. The predicted octanol–water partition coefficient (Wildman–Crippen LogP) is 5.11. The molecule has 1 atom stereocenters. The fourth-order valence-electron chi connectivity index (χ4n) is 5.00. The summed E-state index contributed by atoms with van der Waals surface area (Å²) in [5, 5.41) is 7.19. The van der Waals surface area contributed by atoms with Gasteiger partial charge in [-0.1, -0.05) is 26.8 Å². The van der Waals surface area contributed by atoms with E-state index in [1.54, 1.807) is 6.07 Å². The highest BCUT2D eigenvalue weighted by Gasteiger charge is 2.52. The number of nitrogens with zero attached hydrogens (tertiary/aromatic N) is 1. The first-order chi connectivity index (χ1) is 16.9. The smallest absolute Gasteiger partial charge is 0.395 e. The quantitative estimate of drug-likeness (QED) is 0.450. The molecule has 36 heavy (non-hydrogen) atoms. The zero-order valence-corrected chi connectivity index (χ0v) is 21.0. The van der Waals surface area contributed by atoms with Crippen molar-refractivity contribution in [3.63, 3.8) is 0 Å². The van der Waals surface area contributed by atoms with Gasteiger partial charge in [-0.2, -0.15) is 0 Å². The topological polar surface area (TPSA) is 64.5 Å². The molecule has 0 saturated heterocycles. The van der Waals surface area contributed by atoms with Crippen LogP contribution in [0.1, 0.15) is 44.9 Å². The largest absolute Gasteiger partial charge is 0.586 e. The maximum Gasteiger partial charge on any atom is 0.586 e. The number of carbonyl (C=O) groups is 1. The summed E-state index contributed by atoms with van der Waals surface area (Å²) in [5.74, 6) is -0.286. The maximum atomic E-state index is 13.4. The third kappa shape index (κ3) is 4.45. The van der Waals surface area contributed by atoms with Gasteiger partial charge in [0.05, 0.1) is 13.3 Å². The Balaban J connectivity index is 1.40. The molecule has 5 rings (SSSR count). The number of benzene rings is 2. The first kappa shape index (κ1) is 24.6. The number of anilines is 1. The van der Waals surface area contributed by atoms with E-state index in [1.807, 2.05) is 25.2 Å². The number of aromatic nitrogens is 1. The van der Waals surface area contributed by atoms with Gasteiger partial charge in [-0.3, -0.25) is 4.79 Å². The molecule has 2 radical (unpaired) electrons. The van der Waals surface area contributed by atoms with E-state index in [-0.39, 0.29) is 28.6 Å². The minimum atomic E-state index is -3.69. The summed E-state index contributed by atoms with van der Waals surface area (Å²) in [5.41, 5.74) is 2.69. The van der Waals surface area contributed by atoms with Gasteiger partial charge in [0.1, 0.15) is 0 Å². The number of rotatable bonds is 7. The molecule has 2 aliphatic rings. The van der Waals surface area contributed by atoms with Crippen LogP contribution in [-0.2, 0) is 22.2 Å². The van der Waals surface area contributed by atoms with Crippen molar-refractivity contribution in [1.82, 2.24) is 9.88 Å². The van der Waals surface area contributed by atoms with Gasteiger partial charge in [0, 0.05) is 34.2 Å². The van der Waals surface area contributed by atoms with Crippen molar-refractivity contribution in [3.05, 3.63) is 53.7 Å². The Kier molecular flexibility index (Phi) is 5.82. The molecule has 2 aromatic carbocycles. The number of hydrogen-bond donors (Lipinski definition) is 2. The number of fused-ring (bicyclic) bond motifs is 2.